The van der Waals surface area contributed by atoms with Gasteiger partial charge in [0.15, 0.2) is 11.3 Å². The highest BCUT2D eigenvalue weighted by Gasteiger charge is 2.42. The van der Waals surface area contributed by atoms with Crippen molar-refractivity contribution in [2.75, 3.05) is 13.1 Å². The normalized spacial score (nSPS) is 23.2. The number of H-pyrrole nitrogens is 1. The van der Waals surface area contributed by atoms with Crippen molar-refractivity contribution in [3.8, 4) is 0 Å². The third-order valence-electron chi connectivity index (χ3n) is 5.02. The van der Waals surface area contributed by atoms with Crippen LogP contribution < -0.4 is 0 Å². The minimum absolute atomic E-state index is 0.0581. The van der Waals surface area contributed by atoms with E-state index in [1.165, 1.54) is 0 Å². The van der Waals surface area contributed by atoms with Crippen LogP contribution in [0.25, 0.3) is 16.8 Å². The average molecular weight is 346 g/mol. The van der Waals surface area contributed by atoms with Crippen LogP contribution in [0.4, 0.5) is 0 Å². The fourth-order valence-electron chi connectivity index (χ4n) is 3.62. The number of rotatable bonds is 3. The number of aromatic amines is 1. The molecule has 0 bridgehead atoms. The van der Waals surface area contributed by atoms with Gasteiger partial charge in [0.1, 0.15) is 5.82 Å². The Labute approximate surface area is 138 Å². The van der Waals surface area contributed by atoms with Gasteiger partial charge in [-0.1, -0.05) is 0 Å². The maximum Gasteiger partial charge on any atom is 0.217 e. The predicted octanol–water partition coefficient (Wildman–Crippen LogP) is 1.28. The molecule has 0 radical (unpaired) electrons. The predicted molar refractivity (Wildman–Crippen MR) is 88.1 cm³/mol. The summed E-state index contributed by atoms with van der Waals surface area (Å²) in [5.41, 5.74) is 2.40. The van der Waals surface area contributed by atoms with E-state index in [2.05, 4.69) is 20.2 Å². The summed E-state index contributed by atoms with van der Waals surface area (Å²) in [4.78, 5) is 7.42. The van der Waals surface area contributed by atoms with E-state index in [-0.39, 0.29) is 11.2 Å². The molecule has 8 nitrogen and oxygen atoms in total. The molecule has 24 heavy (non-hydrogen) atoms. The molecule has 1 N–H and O–H groups in total. The molecule has 1 aliphatic heterocycles. The Hall–Kier alpha value is -2.00. The smallest absolute Gasteiger partial charge is 0.217 e. The second kappa shape index (κ2) is 5.00. The van der Waals surface area contributed by atoms with Crippen LogP contribution in [0.1, 0.15) is 37.4 Å². The number of aromatic nitrogens is 5. The highest BCUT2D eigenvalue weighted by atomic mass is 32.2. The third kappa shape index (κ3) is 2.07. The van der Waals surface area contributed by atoms with Gasteiger partial charge in [-0.2, -0.15) is 0 Å². The van der Waals surface area contributed by atoms with Crippen molar-refractivity contribution in [2.45, 2.75) is 36.9 Å². The summed E-state index contributed by atoms with van der Waals surface area (Å²) in [5, 5.41) is 8.43. The van der Waals surface area contributed by atoms with Gasteiger partial charge in [0.2, 0.25) is 10.0 Å². The minimum atomic E-state index is -3.14. The number of hydrogen-bond acceptors (Lipinski definition) is 5. The molecule has 1 saturated carbocycles. The Bertz CT molecular complexity index is 1020. The Balaban J connectivity index is 1.56. The van der Waals surface area contributed by atoms with Crippen molar-refractivity contribution >= 4 is 26.8 Å². The van der Waals surface area contributed by atoms with Crippen molar-refractivity contribution in [1.82, 2.24) is 28.9 Å². The summed E-state index contributed by atoms with van der Waals surface area (Å²) < 4.78 is 28.8. The van der Waals surface area contributed by atoms with Crippen LogP contribution in [0.3, 0.4) is 0 Å². The van der Waals surface area contributed by atoms with Gasteiger partial charge in [-0.05, 0) is 31.7 Å². The molecule has 3 aromatic rings. The SMILES string of the molecule is O=S(=O)(C1CC1)N1CCC[C@@H](c2nnc3cnc4[nH]ccc4n23)C1. The van der Waals surface area contributed by atoms with Gasteiger partial charge >= 0.3 is 0 Å². The fourth-order valence-corrected chi connectivity index (χ4v) is 5.55. The third-order valence-corrected chi connectivity index (χ3v) is 7.39. The maximum atomic E-state index is 12.6. The zero-order valence-corrected chi connectivity index (χ0v) is 13.9. The van der Waals surface area contributed by atoms with Crippen molar-refractivity contribution in [3.63, 3.8) is 0 Å². The van der Waals surface area contributed by atoms with Gasteiger partial charge in [-0.3, -0.25) is 4.40 Å². The summed E-state index contributed by atoms with van der Waals surface area (Å²) in [6.45, 7) is 1.11. The zero-order chi connectivity index (χ0) is 16.3. The molecule has 0 unspecified atom stereocenters. The lowest BCUT2D eigenvalue weighted by Gasteiger charge is -2.31. The lowest BCUT2D eigenvalue weighted by molar-refractivity contribution is 0.308. The van der Waals surface area contributed by atoms with Gasteiger partial charge in [0.25, 0.3) is 0 Å². The Morgan fingerprint density at radius 2 is 2.08 bits per heavy atom. The molecule has 0 amide bonds. The molecule has 1 atom stereocenters. The lowest BCUT2D eigenvalue weighted by Crippen LogP contribution is -2.41. The van der Waals surface area contributed by atoms with Crippen LogP contribution >= 0.6 is 0 Å². The first-order valence-electron chi connectivity index (χ1n) is 8.30. The monoisotopic (exact) mass is 346 g/mol. The second-order valence-electron chi connectivity index (χ2n) is 6.66. The first kappa shape index (κ1) is 14.4. The topological polar surface area (TPSA) is 96.2 Å². The van der Waals surface area contributed by atoms with Crippen LogP contribution in [0.5, 0.6) is 0 Å². The lowest BCUT2D eigenvalue weighted by atomic mass is 9.99. The van der Waals surface area contributed by atoms with Crippen molar-refractivity contribution < 1.29 is 8.42 Å². The molecule has 2 aliphatic rings. The Morgan fingerprint density at radius 3 is 2.92 bits per heavy atom. The first-order chi connectivity index (χ1) is 11.6. The number of sulfonamides is 1. The molecule has 9 heteroatoms. The summed E-state index contributed by atoms with van der Waals surface area (Å²) in [7, 11) is -3.14. The minimum Gasteiger partial charge on any atom is -0.345 e. The molecule has 5 rings (SSSR count). The standard InChI is InChI=1S/C15H18N6O2S/c22-24(23,11-3-4-11)20-7-1-2-10(9-20)15-19-18-13-8-17-14-12(21(13)15)5-6-16-14/h5-6,8,10-11,16H,1-4,7,9H2/t10-/m1/s1. The van der Waals surface area contributed by atoms with Gasteiger partial charge in [-0.25, -0.2) is 17.7 Å². The van der Waals surface area contributed by atoms with Crippen molar-refractivity contribution in [3.05, 3.63) is 24.3 Å². The summed E-state index contributed by atoms with van der Waals surface area (Å²) in [5.74, 6) is 0.885. The molecular formula is C15H18N6O2S. The average Bonchev–Trinajstić information content (AvgIpc) is 3.20. The second-order valence-corrected chi connectivity index (χ2v) is 8.88. The van der Waals surface area contributed by atoms with E-state index in [4.69, 9.17) is 0 Å². The van der Waals surface area contributed by atoms with Crippen molar-refractivity contribution in [2.24, 2.45) is 0 Å². The first-order valence-corrected chi connectivity index (χ1v) is 9.81. The van der Waals surface area contributed by atoms with E-state index in [0.717, 1.165) is 42.7 Å². The van der Waals surface area contributed by atoms with E-state index in [1.54, 1.807) is 10.5 Å². The molecule has 2 fully saturated rings. The van der Waals surface area contributed by atoms with E-state index in [0.29, 0.717) is 18.7 Å². The molecule has 126 valence electrons. The van der Waals surface area contributed by atoms with Gasteiger partial charge < -0.3 is 4.98 Å². The highest BCUT2D eigenvalue weighted by Crippen LogP contribution is 2.35. The largest absolute Gasteiger partial charge is 0.345 e. The van der Waals surface area contributed by atoms with Gasteiger partial charge in [-0.15, -0.1) is 10.2 Å². The van der Waals surface area contributed by atoms with Crippen LogP contribution in [0.2, 0.25) is 0 Å². The molecular weight excluding hydrogens is 328 g/mol. The van der Waals surface area contributed by atoms with Crippen molar-refractivity contribution in [1.29, 1.82) is 0 Å². The van der Waals surface area contributed by atoms with E-state index >= 15 is 0 Å². The number of fused-ring (bicyclic) bond motifs is 3. The van der Waals surface area contributed by atoms with Gasteiger partial charge in [0, 0.05) is 25.2 Å². The highest BCUT2D eigenvalue weighted by molar-refractivity contribution is 7.90. The maximum absolute atomic E-state index is 12.6. The number of piperidine rings is 1. The Kier molecular flexibility index (Phi) is 2.99. The van der Waals surface area contributed by atoms with Crippen LogP contribution in [0, 0.1) is 0 Å². The zero-order valence-electron chi connectivity index (χ0n) is 13.1. The molecule has 1 aliphatic carbocycles. The number of hydrogen-bond donors (Lipinski definition) is 1. The van der Waals surface area contributed by atoms with E-state index in [9.17, 15) is 8.42 Å². The number of nitrogens with zero attached hydrogens (tertiary/aromatic N) is 5. The van der Waals surface area contributed by atoms with Crippen LogP contribution in [-0.2, 0) is 10.0 Å². The summed E-state index contributed by atoms with van der Waals surface area (Å²) >= 11 is 0. The summed E-state index contributed by atoms with van der Waals surface area (Å²) in [6.07, 6.45) is 6.90. The molecule has 1 saturated heterocycles. The molecule has 0 spiro atoms. The fraction of sp³-hybridized carbons (Fsp3) is 0.533. The van der Waals surface area contributed by atoms with E-state index in [1.807, 2.05) is 16.7 Å². The number of nitrogens with one attached hydrogen (secondary N) is 1. The Morgan fingerprint density at radius 1 is 1.21 bits per heavy atom. The molecule has 0 aromatic carbocycles. The quantitative estimate of drug-likeness (QED) is 0.770. The van der Waals surface area contributed by atoms with Gasteiger partial charge in [0.05, 0.1) is 17.0 Å². The van der Waals surface area contributed by atoms with E-state index < -0.39 is 10.0 Å². The van der Waals surface area contributed by atoms with Crippen LogP contribution in [0.15, 0.2) is 18.5 Å². The molecule has 4 heterocycles. The summed E-state index contributed by atoms with van der Waals surface area (Å²) in [6, 6.07) is 1.95. The van der Waals surface area contributed by atoms with Crippen LogP contribution in [-0.4, -0.2) is 55.6 Å². The molecule has 3 aromatic heterocycles.